The van der Waals surface area contributed by atoms with Gasteiger partial charge in [0.1, 0.15) is 5.75 Å². The number of phenols is 1. The number of aryl methyl sites for hydroxylation is 2. The number of carbonyl (C=O) groups excluding carboxylic acids is 3. The van der Waals surface area contributed by atoms with Gasteiger partial charge in [0.25, 0.3) is 0 Å². The molecule has 0 radical (unpaired) electrons. The molecule has 1 aliphatic rings. The first kappa shape index (κ1) is 21.0. The van der Waals surface area contributed by atoms with E-state index in [0.717, 1.165) is 15.3 Å². The summed E-state index contributed by atoms with van der Waals surface area (Å²) in [5, 5.41) is 12.5. The van der Waals surface area contributed by atoms with Gasteiger partial charge in [-0.15, -0.1) is 11.3 Å². The van der Waals surface area contributed by atoms with Crippen LogP contribution in [0.5, 0.6) is 5.75 Å². The van der Waals surface area contributed by atoms with Crippen molar-refractivity contribution >= 4 is 34.6 Å². The summed E-state index contributed by atoms with van der Waals surface area (Å²) in [6, 6.07) is 8.51. The Morgan fingerprint density at radius 3 is 2.45 bits per heavy atom. The molecule has 1 aromatic carbocycles. The van der Waals surface area contributed by atoms with Gasteiger partial charge in [-0.25, -0.2) is 0 Å². The van der Waals surface area contributed by atoms with E-state index in [1.807, 2.05) is 19.9 Å². The lowest BCUT2D eigenvalue weighted by molar-refractivity contribution is -0.134. The third kappa shape index (κ3) is 5.23. The molecule has 0 unspecified atom stereocenters. The van der Waals surface area contributed by atoms with E-state index in [-0.39, 0.29) is 42.1 Å². The van der Waals surface area contributed by atoms with Crippen molar-refractivity contribution in [2.45, 2.75) is 39.5 Å². The molecule has 1 fully saturated rings. The first-order valence-corrected chi connectivity index (χ1v) is 10.6. The summed E-state index contributed by atoms with van der Waals surface area (Å²) >= 11 is 1.59. The topological polar surface area (TPSA) is 86.7 Å². The number of nitrogens with one attached hydrogen (secondary N) is 1. The number of amides is 2. The zero-order chi connectivity index (χ0) is 21.0. The Hall–Kier alpha value is -2.67. The molecule has 2 N–H and O–H groups in total. The normalized spacial score (nSPS) is 14.6. The van der Waals surface area contributed by atoms with Crippen LogP contribution in [0.3, 0.4) is 0 Å². The van der Waals surface area contributed by atoms with Crippen LogP contribution in [-0.4, -0.2) is 40.7 Å². The highest BCUT2D eigenvalue weighted by Gasteiger charge is 2.28. The molecule has 7 heteroatoms. The molecular formula is C22H26N2O4S. The van der Waals surface area contributed by atoms with Crippen LogP contribution in [-0.2, 0) is 9.59 Å². The number of piperidine rings is 1. The zero-order valence-corrected chi connectivity index (χ0v) is 17.6. The van der Waals surface area contributed by atoms with Crippen LogP contribution >= 0.6 is 11.3 Å². The second-order valence-electron chi connectivity index (χ2n) is 7.41. The number of aromatic hydroxyl groups is 1. The summed E-state index contributed by atoms with van der Waals surface area (Å²) < 4.78 is 0. The van der Waals surface area contributed by atoms with Gasteiger partial charge in [-0.1, -0.05) is 12.1 Å². The number of carbonyl (C=O) groups is 3. The lowest BCUT2D eigenvalue weighted by Crippen LogP contribution is -2.41. The molecule has 2 amide bonds. The molecule has 6 nitrogen and oxygen atoms in total. The molecule has 29 heavy (non-hydrogen) atoms. The number of Topliss-reactive ketones (excluding diaryl/α,β-unsaturated/α-hetero) is 1. The van der Waals surface area contributed by atoms with Crippen molar-refractivity contribution in [3.05, 3.63) is 45.6 Å². The number of hydrogen-bond acceptors (Lipinski definition) is 5. The van der Waals surface area contributed by atoms with E-state index in [0.29, 0.717) is 31.6 Å². The molecular weight excluding hydrogens is 388 g/mol. The van der Waals surface area contributed by atoms with Crippen molar-refractivity contribution in [2.75, 3.05) is 18.4 Å². The summed E-state index contributed by atoms with van der Waals surface area (Å²) in [6.07, 6.45) is 1.55. The monoisotopic (exact) mass is 414 g/mol. The van der Waals surface area contributed by atoms with Crippen LogP contribution in [0.4, 0.5) is 5.69 Å². The number of hydrogen-bond donors (Lipinski definition) is 2. The predicted molar refractivity (Wildman–Crippen MR) is 113 cm³/mol. The van der Waals surface area contributed by atoms with Gasteiger partial charge in [0.15, 0.2) is 5.78 Å². The number of likely N-dealkylation sites (tertiary alicyclic amines) is 1. The van der Waals surface area contributed by atoms with Crippen molar-refractivity contribution in [2.24, 2.45) is 5.92 Å². The average Bonchev–Trinajstić information content (AvgIpc) is 3.05. The molecule has 2 heterocycles. The third-order valence-electron chi connectivity index (χ3n) is 5.29. The highest BCUT2D eigenvalue weighted by atomic mass is 32.1. The Balaban J connectivity index is 1.45. The first-order chi connectivity index (χ1) is 13.8. The van der Waals surface area contributed by atoms with Gasteiger partial charge in [0.05, 0.1) is 5.69 Å². The summed E-state index contributed by atoms with van der Waals surface area (Å²) in [4.78, 5) is 41.1. The maximum atomic E-state index is 12.5. The van der Waals surface area contributed by atoms with Crippen LogP contribution < -0.4 is 5.32 Å². The fourth-order valence-electron chi connectivity index (χ4n) is 3.63. The Kier molecular flexibility index (Phi) is 6.69. The van der Waals surface area contributed by atoms with Crippen molar-refractivity contribution in [1.82, 2.24) is 4.90 Å². The second kappa shape index (κ2) is 9.22. The molecule has 1 aromatic heterocycles. The molecule has 3 rings (SSSR count). The summed E-state index contributed by atoms with van der Waals surface area (Å²) in [6.45, 7) is 4.90. The Labute approximate surface area is 174 Å². The number of benzene rings is 1. The van der Waals surface area contributed by atoms with Crippen molar-refractivity contribution < 1.29 is 19.5 Å². The smallest absolute Gasteiger partial charge is 0.227 e. The van der Waals surface area contributed by atoms with Gasteiger partial charge in [-0.2, -0.15) is 0 Å². The van der Waals surface area contributed by atoms with E-state index < -0.39 is 0 Å². The number of phenolic OH excluding ortho intramolecular Hbond substituents is 1. The highest BCUT2D eigenvalue weighted by Crippen LogP contribution is 2.26. The van der Waals surface area contributed by atoms with Crippen molar-refractivity contribution in [3.63, 3.8) is 0 Å². The SMILES string of the molecule is Cc1cc(C(=O)CCC(=O)N2CCC(C(=O)Nc3ccccc3O)CC2)c(C)s1. The summed E-state index contributed by atoms with van der Waals surface area (Å²) in [5.74, 6) is -0.331. The number of thiophene rings is 1. The molecule has 0 spiro atoms. The standard InChI is InChI=1S/C22H26N2O4S/c1-14-13-17(15(2)29-14)19(25)7-8-21(27)24-11-9-16(10-12-24)22(28)23-18-5-3-4-6-20(18)26/h3-6,13,16,26H,7-12H2,1-2H3,(H,23,28). The van der Waals surface area contributed by atoms with E-state index in [1.165, 1.54) is 6.07 Å². The van der Waals surface area contributed by atoms with Crippen molar-refractivity contribution in [1.29, 1.82) is 0 Å². The first-order valence-electron chi connectivity index (χ1n) is 9.82. The molecule has 1 aliphatic heterocycles. The zero-order valence-electron chi connectivity index (χ0n) is 16.7. The number of ketones is 1. The molecule has 0 saturated carbocycles. The molecule has 0 atom stereocenters. The van der Waals surface area contributed by atoms with Gasteiger partial charge in [-0.05, 0) is 44.9 Å². The van der Waals surface area contributed by atoms with E-state index in [2.05, 4.69) is 5.32 Å². The maximum Gasteiger partial charge on any atom is 0.227 e. The minimum atomic E-state index is -0.197. The van der Waals surface area contributed by atoms with Crippen LogP contribution in [0, 0.1) is 19.8 Å². The number of anilines is 1. The minimum Gasteiger partial charge on any atom is -0.506 e. The largest absolute Gasteiger partial charge is 0.506 e. The molecule has 1 saturated heterocycles. The molecule has 0 bridgehead atoms. The fraction of sp³-hybridized carbons (Fsp3) is 0.409. The Morgan fingerprint density at radius 2 is 1.83 bits per heavy atom. The highest BCUT2D eigenvalue weighted by molar-refractivity contribution is 7.12. The van der Waals surface area contributed by atoms with Crippen LogP contribution in [0.15, 0.2) is 30.3 Å². The lowest BCUT2D eigenvalue weighted by atomic mass is 9.95. The van der Waals surface area contributed by atoms with Crippen LogP contribution in [0.2, 0.25) is 0 Å². The maximum absolute atomic E-state index is 12.5. The summed E-state index contributed by atoms with van der Waals surface area (Å²) in [7, 11) is 0. The van der Waals surface area contributed by atoms with Gasteiger partial charge < -0.3 is 15.3 Å². The average molecular weight is 415 g/mol. The van der Waals surface area contributed by atoms with E-state index in [9.17, 15) is 19.5 Å². The Bertz CT molecular complexity index is 913. The Morgan fingerprint density at radius 1 is 1.14 bits per heavy atom. The van der Waals surface area contributed by atoms with Gasteiger partial charge >= 0.3 is 0 Å². The molecule has 154 valence electrons. The van der Waals surface area contributed by atoms with E-state index >= 15 is 0 Å². The minimum absolute atomic E-state index is 0.0112. The van der Waals surface area contributed by atoms with Crippen molar-refractivity contribution in [3.8, 4) is 5.75 Å². The van der Waals surface area contributed by atoms with Crippen LogP contribution in [0.25, 0.3) is 0 Å². The predicted octanol–water partition coefficient (Wildman–Crippen LogP) is 3.91. The third-order valence-corrected chi connectivity index (χ3v) is 6.25. The van der Waals surface area contributed by atoms with Gasteiger partial charge in [-0.3, -0.25) is 14.4 Å². The fourth-order valence-corrected chi connectivity index (χ4v) is 4.57. The summed E-state index contributed by atoms with van der Waals surface area (Å²) in [5.41, 5.74) is 1.12. The van der Waals surface area contributed by atoms with Gasteiger partial charge in [0, 0.05) is 47.2 Å². The molecule has 0 aliphatic carbocycles. The second-order valence-corrected chi connectivity index (χ2v) is 8.87. The van der Waals surface area contributed by atoms with E-state index in [4.69, 9.17) is 0 Å². The van der Waals surface area contributed by atoms with E-state index in [1.54, 1.807) is 34.4 Å². The molecule has 2 aromatic rings. The number of nitrogens with zero attached hydrogens (tertiary/aromatic N) is 1. The van der Waals surface area contributed by atoms with Crippen LogP contribution in [0.1, 0.15) is 45.8 Å². The lowest BCUT2D eigenvalue weighted by Gasteiger charge is -2.31. The van der Waals surface area contributed by atoms with Gasteiger partial charge in [0.2, 0.25) is 11.8 Å². The number of para-hydroxylation sites is 2. The quantitative estimate of drug-likeness (QED) is 0.554. The number of rotatable bonds is 6.